The number of carbonyl (C=O) groups is 1. The Morgan fingerprint density at radius 2 is 2.10 bits per heavy atom. The van der Waals surface area contributed by atoms with Gasteiger partial charge in [0.15, 0.2) is 5.82 Å². The van der Waals surface area contributed by atoms with Crippen LogP contribution in [-0.4, -0.2) is 33.4 Å². The predicted octanol–water partition coefficient (Wildman–Crippen LogP) is 2.19. The van der Waals surface area contributed by atoms with E-state index in [2.05, 4.69) is 4.98 Å². The van der Waals surface area contributed by atoms with Crippen LogP contribution in [0.5, 0.6) is 0 Å². The van der Waals surface area contributed by atoms with Gasteiger partial charge >= 0.3 is 0 Å². The number of likely N-dealkylation sites (N-methyl/N-ethyl adjacent to an activating group) is 1. The summed E-state index contributed by atoms with van der Waals surface area (Å²) in [7, 11) is 0. The van der Waals surface area contributed by atoms with Crippen molar-refractivity contribution in [1.82, 2.24) is 14.5 Å². The third-order valence-electron chi connectivity index (χ3n) is 3.52. The number of para-hydroxylation sites is 1. The first-order valence-electron chi connectivity index (χ1n) is 6.71. The number of nitrogens with two attached hydrogens (primary N) is 1. The summed E-state index contributed by atoms with van der Waals surface area (Å²) < 4.78 is 15.3. The number of amides is 1. The van der Waals surface area contributed by atoms with Gasteiger partial charge in [0, 0.05) is 13.1 Å². The molecule has 0 aliphatic carbocycles. The van der Waals surface area contributed by atoms with Crippen molar-refractivity contribution in [2.75, 3.05) is 18.8 Å². The number of carbonyl (C=O) groups excluding carboxylic acids is 1. The van der Waals surface area contributed by atoms with Crippen molar-refractivity contribution in [3.05, 3.63) is 24.0 Å². The molecule has 0 saturated carbocycles. The first-order chi connectivity index (χ1) is 9.51. The third-order valence-corrected chi connectivity index (χ3v) is 3.52. The zero-order valence-corrected chi connectivity index (χ0v) is 11.9. The molecule has 2 N–H and O–H groups in total. The Kier molecular flexibility index (Phi) is 3.92. The summed E-state index contributed by atoms with van der Waals surface area (Å²) in [4.78, 5) is 18.2. The minimum absolute atomic E-state index is 0.0507. The Labute approximate surface area is 117 Å². The first kappa shape index (κ1) is 14.3. The molecule has 5 nitrogen and oxygen atoms in total. The smallest absolute Gasteiger partial charge is 0.245 e. The highest BCUT2D eigenvalue weighted by molar-refractivity contribution is 5.85. The predicted molar refractivity (Wildman–Crippen MR) is 76.7 cm³/mol. The molecule has 0 aliphatic heterocycles. The molecule has 1 aromatic carbocycles. The SMILES string of the molecule is CCN(CC)C(=O)C(C)n1c(N)nc2c(F)cccc21. The summed E-state index contributed by atoms with van der Waals surface area (Å²) in [5, 5.41) is 0. The Balaban J connectivity index is 2.50. The average molecular weight is 278 g/mol. The van der Waals surface area contributed by atoms with Gasteiger partial charge in [0.1, 0.15) is 11.6 Å². The van der Waals surface area contributed by atoms with Gasteiger partial charge in [-0.2, -0.15) is 0 Å². The molecule has 6 heteroatoms. The van der Waals surface area contributed by atoms with E-state index in [1.165, 1.54) is 6.07 Å². The van der Waals surface area contributed by atoms with E-state index in [4.69, 9.17) is 5.73 Å². The number of imidazole rings is 1. The van der Waals surface area contributed by atoms with Crippen LogP contribution in [0.3, 0.4) is 0 Å². The Morgan fingerprint density at radius 1 is 1.45 bits per heavy atom. The quantitative estimate of drug-likeness (QED) is 0.932. The first-order valence-corrected chi connectivity index (χ1v) is 6.71. The maximum Gasteiger partial charge on any atom is 0.245 e. The lowest BCUT2D eigenvalue weighted by atomic mass is 10.2. The number of aromatic nitrogens is 2. The Bertz CT molecular complexity index is 633. The number of halogens is 1. The molecule has 1 aromatic heterocycles. The van der Waals surface area contributed by atoms with Gasteiger partial charge in [-0.3, -0.25) is 9.36 Å². The molecule has 2 aromatic rings. The molecule has 1 heterocycles. The third kappa shape index (κ3) is 2.21. The monoisotopic (exact) mass is 278 g/mol. The lowest BCUT2D eigenvalue weighted by Crippen LogP contribution is -2.36. The summed E-state index contributed by atoms with van der Waals surface area (Å²) in [5.74, 6) is -0.334. The second kappa shape index (κ2) is 5.48. The highest BCUT2D eigenvalue weighted by Crippen LogP contribution is 2.25. The van der Waals surface area contributed by atoms with Gasteiger partial charge in [0.2, 0.25) is 11.9 Å². The molecule has 0 saturated heterocycles. The van der Waals surface area contributed by atoms with E-state index >= 15 is 0 Å². The highest BCUT2D eigenvalue weighted by atomic mass is 19.1. The maximum atomic E-state index is 13.7. The maximum absolute atomic E-state index is 13.7. The molecule has 108 valence electrons. The van der Waals surface area contributed by atoms with Crippen LogP contribution in [0, 0.1) is 5.82 Å². The Hall–Kier alpha value is -2.11. The van der Waals surface area contributed by atoms with E-state index in [-0.39, 0.29) is 17.4 Å². The van der Waals surface area contributed by atoms with Crippen molar-refractivity contribution in [3.63, 3.8) is 0 Å². The standard InChI is InChI=1S/C14H19FN4O/c1-4-18(5-2)13(20)9(3)19-11-8-6-7-10(15)12(11)17-14(19)16/h6-9H,4-5H2,1-3H3,(H2,16,17). The molecule has 1 amide bonds. The molecule has 0 spiro atoms. The molecule has 0 aliphatic rings. The molecule has 1 atom stereocenters. The van der Waals surface area contributed by atoms with Crippen molar-refractivity contribution < 1.29 is 9.18 Å². The summed E-state index contributed by atoms with van der Waals surface area (Å²) in [6.45, 7) is 6.84. The Morgan fingerprint density at radius 3 is 2.70 bits per heavy atom. The van der Waals surface area contributed by atoms with E-state index in [1.54, 1.807) is 28.5 Å². The van der Waals surface area contributed by atoms with E-state index in [9.17, 15) is 9.18 Å². The van der Waals surface area contributed by atoms with E-state index in [1.807, 2.05) is 13.8 Å². The van der Waals surface area contributed by atoms with Crippen LogP contribution in [0.15, 0.2) is 18.2 Å². The van der Waals surface area contributed by atoms with Gasteiger partial charge in [-0.25, -0.2) is 9.37 Å². The van der Waals surface area contributed by atoms with Gasteiger partial charge in [0.05, 0.1) is 5.52 Å². The van der Waals surface area contributed by atoms with Crippen LogP contribution in [0.4, 0.5) is 10.3 Å². The number of nitrogen functional groups attached to an aromatic ring is 1. The molecule has 2 rings (SSSR count). The number of anilines is 1. The van der Waals surface area contributed by atoms with Crippen LogP contribution in [0.25, 0.3) is 11.0 Å². The van der Waals surface area contributed by atoms with Crippen LogP contribution >= 0.6 is 0 Å². The molecule has 0 bridgehead atoms. The van der Waals surface area contributed by atoms with Crippen molar-refractivity contribution >= 4 is 22.9 Å². The molecular weight excluding hydrogens is 259 g/mol. The normalized spacial score (nSPS) is 12.6. The summed E-state index contributed by atoms with van der Waals surface area (Å²) in [6.07, 6.45) is 0. The fraction of sp³-hybridized carbons (Fsp3) is 0.429. The number of benzene rings is 1. The number of hydrogen-bond donors (Lipinski definition) is 1. The highest BCUT2D eigenvalue weighted by Gasteiger charge is 2.24. The zero-order chi connectivity index (χ0) is 14.9. The number of hydrogen-bond acceptors (Lipinski definition) is 3. The van der Waals surface area contributed by atoms with Gasteiger partial charge in [-0.15, -0.1) is 0 Å². The summed E-state index contributed by atoms with van der Waals surface area (Å²) >= 11 is 0. The molecule has 0 fully saturated rings. The molecule has 1 unspecified atom stereocenters. The van der Waals surface area contributed by atoms with Crippen molar-refractivity contribution in [2.45, 2.75) is 26.8 Å². The van der Waals surface area contributed by atoms with Crippen LogP contribution in [-0.2, 0) is 4.79 Å². The molecular formula is C14H19FN4O. The summed E-state index contributed by atoms with van der Waals surface area (Å²) in [6, 6.07) is 4.12. The van der Waals surface area contributed by atoms with E-state index < -0.39 is 11.9 Å². The minimum atomic E-state index is -0.512. The largest absolute Gasteiger partial charge is 0.369 e. The van der Waals surface area contributed by atoms with Crippen LogP contribution in [0.2, 0.25) is 0 Å². The fourth-order valence-electron chi connectivity index (χ4n) is 2.42. The lowest BCUT2D eigenvalue weighted by molar-refractivity contribution is -0.133. The number of nitrogens with zero attached hydrogens (tertiary/aromatic N) is 3. The topological polar surface area (TPSA) is 64.2 Å². The lowest BCUT2D eigenvalue weighted by Gasteiger charge is -2.24. The van der Waals surface area contributed by atoms with Gasteiger partial charge in [0.25, 0.3) is 0 Å². The van der Waals surface area contributed by atoms with Crippen LogP contribution in [0.1, 0.15) is 26.8 Å². The summed E-state index contributed by atoms with van der Waals surface area (Å²) in [5.41, 5.74) is 6.59. The number of fused-ring (bicyclic) bond motifs is 1. The number of rotatable bonds is 4. The van der Waals surface area contributed by atoms with Gasteiger partial charge in [-0.05, 0) is 32.9 Å². The van der Waals surface area contributed by atoms with Crippen molar-refractivity contribution in [2.24, 2.45) is 0 Å². The average Bonchev–Trinajstić information content (AvgIpc) is 2.77. The molecule has 0 radical (unpaired) electrons. The van der Waals surface area contributed by atoms with Gasteiger partial charge in [-0.1, -0.05) is 6.07 Å². The second-order valence-corrected chi connectivity index (χ2v) is 4.63. The molecule has 20 heavy (non-hydrogen) atoms. The second-order valence-electron chi connectivity index (χ2n) is 4.63. The van der Waals surface area contributed by atoms with Crippen LogP contribution < -0.4 is 5.73 Å². The van der Waals surface area contributed by atoms with E-state index in [0.717, 1.165) is 0 Å². The van der Waals surface area contributed by atoms with E-state index in [0.29, 0.717) is 18.6 Å². The van der Waals surface area contributed by atoms with Gasteiger partial charge < -0.3 is 10.6 Å². The zero-order valence-electron chi connectivity index (χ0n) is 11.9. The minimum Gasteiger partial charge on any atom is -0.369 e. The fourth-order valence-corrected chi connectivity index (χ4v) is 2.42. The van der Waals surface area contributed by atoms with Crippen molar-refractivity contribution in [3.8, 4) is 0 Å². The van der Waals surface area contributed by atoms with Crippen molar-refractivity contribution in [1.29, 1.82) is 0 Å².